The first-order chi connectivity index (χ1) is 16.6. The monoisotopic (exact) mass is 487 g/mol. The smallest absolute Gasteiger partial charge is 0.416 e. The molecule has 2 N–H and O–H groups in total. The second kappa shape index (κ2) is 7.13. The summed E-state index contributed by atoms with van der Waals surface area (Å²) in [6.07, 6.45) is -2.19. The Kier molecular flexibility index (Phi) is 4.44. The number of aromatic nitrogens is 1. The highest BCUT2D eigenvalue weighted by molar-refractivity contribution is 6.20. The van der Waals surface area contributed by atoms with Crippen LogP contribution in [0, 0.1) is 11.2 Å². The molecule has 5 heterocycles. The summed E-state index contributed by atoms with van der Waals surface area (Å²) >= 11 is 0. The van der Waals surface area contributed by atoms with Crippen molar-refractivity contribution in [2.45, 2.75) is 51.5 Å². The number of cyclic esters (lactones) is 1. The molecule has 1 aromatic carbocycles. The fourth-order valence-electron chi connectivity index (χ4n) is 5.91. The molecule has 35 heavy (non-hydrogen) atoms. The lowest BCUT2D eigenvalue weighted by Gasteiger charge is -2.55. The molecule has 0 bridgehead atoms. The van der Waals surface area contributed by atoms with Crippen molar-refractivity contribution in [3.63, 3.8) is 0 Å². The predicted octanol–water partition coefficient (Wildman–Crippen LogP) is 1.20. The zero-order chi connectivity index (χ0) is 24.8. The minimum Gasteiger partial charge on any atom is -0.444 e. The largest absolute Gasteiger partial charge is 0.444 e. The summed E-state index contributed by atoms with van der Waals surface area (Å²) in [4.78, 5) is 53.6. The van der Waals surface area contributed by atoms with Gasteiger partial charge in [-0.05, 0) is 32.4 Å². The number of benzene rings is 1. The molecule has 3 saturated heterocycles. The number of barbiturate groups is 1. The zero-order valence-electron chi connectivity index (χ0n) is 19.1. The summed E-state index contributed by atoms with van der Waals surface area (Å²) in [5.41, 5.74) is -1.38. The molecule has 13 heteroatoms. The fourth-order valence-corrected chi connectivity index (χ4v) is 5.91. The number of morpholine rings is 1. The van der Waals surface area contributed by atoms with Crippen molar-refractivity contribution in [3.8, 4) is 0 Å². The number of anilines is 2. The molecule has 184 valence electrons. The number of hydrogen-bond acceptors (Lipinski definition) is 9. The van der Waals surface area contributed by atoms with E-state index in [4.69, 9.17) is 14.0 Å². The van der Waals surface area contributed by atoms with E-state index in [9.17, 15) is 19.2 Å². The topological polar surface area (TPSA) is 143 Å². The highest BCUT2D eigenvalue weighted by Crippen LogP contribution is 2.49. The van der Waals surface area contributed by atoms with E-state index < -0.39 is 47.3 Å². The van der Waals surface area contributed by atoms with Gasteiger partial charge in [-0.1, -0.05) is 5.16 Å². The molecule has 5 amide bonds. The molecule has 12 nitrogen and oxygen atoms in total. The van der Waals surface area contributed by atoms with Crippen LogP contribution in [0.2, 0.25) is 0 Å². The van der Waals surface area contributed by atoms with Crippen LogP contribution in [-0.2, 0) is 25.5 Å². The maximum atomic E-state index is 16.1. The minimum absolute atomic E-state index is 0.0867. The van der Waals surface area contributed by atoms with E-state index in [1.165, 1.54) is 4.90 Å². The zero-order valence-corrected chi connectivity index (χ0v) is 19.1. The Balaban J connectivity index is 1.57. The summed E-state index contributed by atoms with van der Waals surface area (Å²) in [7, 11) is 0. The van der Waals surface area contributed by atoms with Gasteiger partial charge in [0.25, 0.3) is 0 Å². The van der Waals surface area contributed by atoms with Crippen LogP contribution in [0.1, 0.15) is 26.3 Å². The third-order valence-electron chi connectivity index (χ3n) is 7.16. The van der Waals surface area contributed by atoms with Gasteiger partial charge in [0.2, 0.25) is 17.4 Å². The van der Waals surface area contributed by atoms with Crippen LogP contribution in [0.5, 0.6) is 0 Å². The number of imide groups is 2. The molecule has 4 atom stereocenters. The summed E-state index contributed by atoms with van der Waals surface area (Å²) < 4.78 is 32.5. The maximum absolute atomic E-state index is 16.1. The number of urea groups is 1. The van der Waals surface area contributed by atoms with Gasteiger partial charge in [0, 0.05) is 13.0 Å². The van der Waals surface area contributed by atoms with Gasteiger partial charge in [-0.25, -0.2) is 14.0 Å². The van der Waals surface area contributed by atoms with Gasteiger partial charge in [0.1, 0.15) is 6.10 Å². The summed E-state index contributed by atoms with van der Waals surface area (Å²) in [6, 6.07) is -0.219. The van der Waals surface area contributed by atoms with Gasteiger partial charge in [-0.3, -0.25) is 25.1 Å². The van der Waals surface area contributed by atoms with Crippen LogP contribution < -0.4 is 20.4 Å². The van der Waals surface area contributed by atoms with E-state index in [1.54, 1.807) is 31.7 Å². The number of rotatable bonds is 1. The number of hydrogen-bond donors (Lipinski definition) is 2. The Labute approximate surface area is 197 Å². The van der Waals surface area contributed by atoms with Crippen molar-refractivity contribution in [1.29, 1.82) is 0 Å². The second-order valence-electron chi connectivity index (χ2n) is 9.52. The predicted molar refractivity (Wildman–Crippen MR) is 116 cm³/mol. The van der Waals surface area contributed by atoms with Crippen molar-refractivity contribution in [3.05, 3.63) is 17.4 Å². The molecule has 1 spiro atoms. The molecule has 0 radical (unpaired) electrons. The SMILES string of the molecule is C[C@@H]1CN(c2noc3c(F)c4c(cc23)CC2(C(=O)NC(=O)NC2=O)[C@H]2[C@@H](C)O[C@H](C)CN42)C(=O)O1. The number of amides is 5. The summed E-state index contributed by atoms with van der Waals surface area (Å²) in [6.45, 7) is 5.63. The summed E-state index contributed by atoms with van der Waals surface area (Å²) in [5.74, 6) is -2.19. The Hall–Kier alpha value is -3.74. The standard InChI is InChI=1S/C22H22FN5O7/c1-8-6-27-14-11(5-22(16(27)10(3)33-8)18(29)24-20(31)25-19(22)30)4-12-15(13(14)23)35-26-17(12)28-7-9(2)34-21(28)32/h4,8-10,16H,5-7H2,1-3H3,(H2,24,25,29,30,31)/t8-,9-,10-,16-/m1/s1. The van der Waals surface area contributed by atoms with Crippen molar-refractivity contribution >= 4 is 46.4 Å². The lowest BCUT2D eigenvalue weighted by Crippen LogP contribution is -2.75. The minimum atomic E-state index is -1.75. The molecule has 3 fully saturated rings. The first-order valence-electron chi connectivity index (χ1n) is 11.3. The number of nitrogens with one attached hydrogen (secondary N) is 2. The first-order valence-corrected chi connectivity index (χ1v) is 11.3. The Morgan fingerprint density at radius 2 is 1.80 bits per heavy atom. The highest BCUT2D eigenvalue weighted by Gasteiger charge is 2.63. The van der Waals surface area contributed by atoms with E-state index in [0.29, 0.717) is 5.56 Å². The van der Waals surface area contributed by atoms with Gasteiger partial charge >= 0.3 is 12.1 Å². The molecule has 4 aliphatic heterocycles. The molecule has 0 aliphatic carbocycles. The van der Waals surface area contributed by atoms with E-state index in [0.717, 1.165) is 0 Å². The van der Waals surface area contributed by atoms with Gasteiger partial charge in [0.15, 0.2) is 17.1 Å². The normalized spacial score (nSPS) is 29.7. The van der Waals surface area contributed by atoms with Crippen molar-refractivity contribution in [2.24, 2.45) is 5.41 Å². The van der Waals surface area contributed by atoms with Crippen LogP contribution in [0.3, 0.4) is 0 Å². The Bertz CT molecular complexity index is 1300. The number of carbonyl (C=O) groups is 4. The average molecular weight is 487 g/mol. The third-order valence-corrected chi connectivity index (χ3v) is 7.16. The molecular formula is C22H22FN5O7. The Morgan fingerprint density at radius 3 is 2.46 bits per heavy atom. The van der Waals surface area contributed by atoms with Gasteiger partial charge < -0.3 is 18.9 Å². The number of fused-ring (bicyclic) bond motifs is 5. The second-order valence-corrected chi connectivity index (χ2v) is 9.52. The molecule has 0 saturated carbocycles. The highest BCUT2D eigenvalue weighted by atomic mass is 19.1. The number of ether oxygens (including phenoxy) is 2. The van der Waals surface area contributed by atoms with Gasteiger partial charge in [-0.15, -0.1) is 0 Å². The molecule has 4 aliphatic rings. The quantitative estimate of drug-likeness (QED) is 0.567. The lowest BCUT2D eigenvalue weighted by molar-refractivity contribution is -0.153. The van der Waals surface area contributed by atoms with Crippen LogP contribution >= 0.6 is 0 Å². The van der Waals surface area contributed by atoms with Crippen LogP contribution in [0.4, 0.5) is 25.5 Å². The van der Waals surface area contributed by atoms with E-state index >= 15 is 4.39 Å². The van der Waals surface area contributed by atoms with E-state index in [2.05, 4.69) is 15.8 Å². The average Bonchev–Trinajstić information content (AvgIpc) is 3.33. The van der Waals surface area contributed by atoms with Crippen LogP contribution in [-0.4, -0.2) is 66.5 Å². The molecule has 1 aromatic heterocycles. The lowest BCUT2D eigenvalue weighted by atomic mass is 9.66. The van der Waals surface area contributed by atoms with Gasteiger partial charge in [-0.2, -0.15) is 0 Å². The van der Waals surface area contributed by atoms with Crippen LogP contribution in [0.15, 0.2) is 10.6 Å². The van der Waals surface area contributed by atoms with Crippen molar-refractivity contribution in [1.82, 2.24) is 15.8 Å². The summed E-state index contributed by atoms with van der Waals surface area (Å²) in [5, 5.41) is 8.53. The molecule has 6 rings (SSSR count). The van der Waals surface area contributed by atoms with Crippen LogP contribution in [0.25, 0.3) is 11.0 Å². The molecular weight excluding hydrogens is 465 g/mol. The number of halogens is 1. The number of carbonyl (C=O) groups excluding carboxylic acids is 4. The van der Waals surface area contributed by atoms with Crippen molar-refractivity contribution in [2.75, 3.05) is 22.9 Å². The van der Waals surface area contributed by atoms with Gasteiger partial charge in [0.05, 0.1) is 35.9 Å². The third kappa shape index (κ3) is 2.84. The Morgan fingerprint density at radius 1 is 1.09 bits per heavy atom. The molecule has 2 aromatic rings. The fraction of sp³-hybridized carbons (Fsp3) is 0.500. The van der Waals surface area contributed by atoms with Crippen molar-refractivity contribution < 1.29 is 37.6 Å². The number of nitrogens with zero attached hydrogens (tertiary/aromatic N) is 3. The van der Waals surface area contributed by atoms with E-state index in [1.807, 2.05) is 0 Å². The maximum Gasteiger partial charge on any atom is 0.416 e. The molecule has 0 unspecified atom stereocenters. The first kappa shape index (κ1) is 21.8. The van der Waals surface area contributed by atoms with E-state index in [-0.39, 0.29) is 54.2 Å².